The Balaban J connectivity index is 2.23. The molecule has 9 nitrogen and oxygen atoms in total. The summed E-state index contributed by atoms with van der Waals surface area (Å²) < 4.78 is 10.7. The molecule has 0 bridgehead atoms. The molecule has 0 spiro atoms. The molecule has 1 aromatic heterocycles. The first-order chi connectivity index (χ1) is 13.4. The molecular formula is C19H20N4O5. The number of non-ortho nitro benzene ring substituents is 1. The van der Waals surface area contributed by atoms with Crippen molar-refractivity contribution in [1.29, 1.82) is 0 Å². The molecule has 0 saturated heterocycles. The van der Waals surface area contributed by atoms with E-state index < -0.39 is 22.7 Å². The molecule has 0 N–H and O–H groups in total. The van der Waals surface area contributed by atoms with Crippen molar-refractivity contribution in [2.45, 2.75) is 33.1 Å². The van der Waals surface area contributed by atoms with Gasteiger partial charge in [-0.2, -0.15) is 0 Å². The molecule has 0 saturated carbocycles. The topological polar surface area (TPSA) is 121 Å². The number of esters is 1. The van der Waals surface area contributed by atoms with E-state index in [1.165, 1.54) is 19.2 Å². The molecule has 9 heteroatoms. The highest BCUT2D eigenvalue weighted by Crippen LogP contribution is 2.44. The van der Waals surface area contributed by atoms with Crippen LogP contribution in [0.3, 0.4) is 0 Å². The van der Waals surface area contributed by atoms with Gasteiger partial charge in [0.15, 0.2) is 0 Å². The van der Waals surface area contributed by atoms with Crippen LogP contribution in [0.2, 0.25) is 0 Å². The van der Waals surface area contributed by atoms with Gasteiger partial charge in [-0.1, -0.05) is 19.1 Å². The predicted molar refractivity (Wildman–Crippen MR) is 101 cm³/mol. The van der Waals surface area contributed by atoms with Gasteiger partial charge >= 0.3 is 5.97 Å². The van der Waals surface area contributed by atoms with Crippen LogP contribution in [0.25, 0.3) is 5.57 Å². The molecule has 3 rings (SSSR count). The zero-order valence-electron chi connectivity index (χ0n) is 16.0. The third-order valence-electron chi connectivity index (χ3n) is 4.72. The summed E-state index contributed by atoms with van der Waals surface area (Å²) in [5.41, 5.74) is 2.23. The molecule has 146 valence electrons. The zero-order valence-corrected chi connectivity index (χ0v) is 16.0. The molecule has 2 atom stereocenters. The molecule has 2 heterocycles. The Hall–Kier alpha value is -3.36. The largest absolute Gasteiger partial charge is 0.468 e. The molecule has 0 fully saturated rings. The standard InChI is InChI=1S/C19H20N4O5/c1-5-14-21-22-18(28-14)15-10(2)20-11(3)16(19(24)27-4)17(15)12-7-6-8-13(9-12)23(25)26/h6-9,16-17H,5H2,1-4H3. The maximum atomic E-state index is 12.6. The van der Waals surface area contributed by atoms with Crippen molar-refractivity contribution in [3.8, 4) is 0 Å². The van der Waals surface area contributed by atoms with Crippen molar-refractivity contribution in [3.63, 3.8) is 0 Å². The van der Waals surface area contributed by atoms with E-state index in [9.17, 15) is 14.9 Å². The Kier molecular flexibility index (Phi) is 5.34. The molecule has 0 aliphatic carbocycles. The molecule has 2 aromatic rings. The van der Waals surface area contributed by atoms with Crippen molar-refractivity contribution in [3.05, 3.63) is 57.4 Å². The maximum absolute atomic E-state index is 12.6. The quantitative estimate of drug-likeness (QED) is 0.440. The van der Waals surface area contributed by atoms with Crippen molar-refractivity contribution < 1.29 is 18.9 Å². The monoisotopic (exact) mass is 384 g/mol. The van der Waals surface area contributed by atoms with E-state index in [1.54, 1.807) is 26.0 Å². The molecule has 1 aromatic carbocycles. The number of nitro groups is 1. The highest BCUT2D eigenvalue weighted by Gasteiger charge is 2.41. The molecule has 0 amide bonds. The second-order valence-corrected chi connectivity index (χ2v) is 6.44. The van der Waals surface area contributed by atoms with E-state index in [4.69, 9.17) is 9.15 Å². The Morgan fingerprint density at radius 3 is 2.68 bits per heavy atom. The van der Waals surface area contributed by atoms with Crippen molar-refractivity contribution >= 4 is 22.9 Å². The van der Waals surface area contributed by atoms with Gasteiger partial charge in [-0.3, -0.25) is 19.9 Å². The van der Waals surface area contributed by atoms with Crippen LogP contribution in [-0.4, -0.2) is 33.9 Å². The highest BCUT2D eigenvalue weighted by atomic mass is 16.6. The first kappa shape index (κ1) is 19.4. The maximum Gasteiger partial charge on any atom is 0.315 e. The van der Waals surface area contributed by atoms with Gasteiger partial charge in [0.05, 0.1) is 12.0 Å². The summed E-state index contributed by atoms with van der Waals surface area (Å²) >= 11 is 0. The fraction of sp³-hybridized carbons (Fsp3) is 0.368. The smallest absolute Gasteiger partial charge is 0.315 e. The number of rotatable bonds is 5. The molecule has 1 aliphatic heterocycles. The van der Waals surface area contributed by atoms with Crippen molar-refractivity contribution in [2.75, 3.05) is 7.11 Å². The Bertz CT molecular complexity index is 992. The van der Waals surface area contributed by atoms with Gasteiger partial charge in [-0.05, 0) is 19.4 Å². The van der Waals surface area contributed by atoms with E-state index in [0.29, 0.717) is 34.9 Å². The number of nitrogens with zero attached hydrogens (tertiary/aromatic N) is 4. The van der Waals surface area contributed by atoms with Gasteiger partial charge in [-0.15, -0.1) is 10.2 Å². The fourth-order valence-electron chi connectivity index (χ4n) is 3.44. The molecule has 2 unspecified atom stereocenters. The lowest BCUT2D eigenvalue weighted by molar-refractivity contribution is -0.384. The lowest BCUT2D eigenvalue weighted by Crippen LogP contribution is -2.33. The number of aryl methyl sites for hydroxylation is 1. The van der Waals surface area contributed by atoms with Gasteiger partial charge in [0, 0.05) is 41.5 Å². The first-order valence-electron chi connectivity index (χ1n) is 8.78. The van der Waals surface area contributed by atoms with Crippen LogP contribution in [0.15, 0.2) is 39.4 Å². The number of ether oxygens (including phenoxy) is 1. The number of hydrogen-bond donors (Lipinski definition) is 0. The van der Waals surface area contributed by atoms with Crippen LogP contribution in [-0.2, 0) is 16.0 Å². The number of carbonyl (C=O) groups excluding carboxylic acids is 1. The van der Waals surface area contributed by atoms with Crippen molar-refractivity contribution in [2.24, 2.45) is 10.9 Å². The lowest BCUT2D eigenvalue weighted by atomic mass is 9.75. The Morgan fingerprint density at radius 1 is 1.32 bits per heavy atom. The summed E-state index contributed by atoms with van der Waals surface area (Å²) in [7, 11) is 1.30. The molecule has 28 heavy (non-hydrogen) atoms. The average molecular weight is 384 g/mol. The van der Waals surface area contributed by atoms with E-state index in [-0.39, 0.29) is 11.6 Å². The second kappa shape index (κ2) is 7.71. The number of methoxy groups -OCH3 is 1. The van der Waals surface area contributed by atoms with E-state index >= 15 is 0 Å². The van der Waals surface area contributed by atoms with Gasteiger partial charge in [0.1, 0.15) is 5.92 Å². The average Bonchev–Trinajstić information content (AvgIpc) is 3.15. The number of hydrogen-bond acceptors (Lipinski definition) is 8. The third kappa shape index (κ3) is 3.42. The van der Waals surface area contributed by atoms with Gasteiger partial charge in [0.25, 0.3) is 5.69 Å². The second-order valence-electron chi connectivity index (χ2n) is 6.44. The van der Waals surface area contributed by atoms with E-state index in [1.807, 2.05) is 6.92 Å². The lowest BCUT2D eigenvalue weighted by Gasteiger charge is -2.30. The molecular weight excluding hydrogens is 364 g/mol. The summed E-state index contributed by atoms with van der Waals surface area (Å²) in [5, 5.41) is 19.4. The van der Waals surface area contributed by atoms with Crippen LogP contribution in [0.1, 0.15) is 44.0 Å². The first-order valence-corrected chi connectivity index (χ1v) is 8.78. The van der Waals surface area contributed by atoms with Crippen LogP contribution >= 0.6 is 0 Å². The number of carbonyl (C=O) groups is 1. The number of aliphatic imine (C=N–C) groups is 1. The summed E-state index contributed by atoms with van der Waals surface area (Å²) in [6.07, 6.45) is 0.559. The minimum atomic E-state index is -0.761. The van der Waals surface area contributed by atoms with Gasteiger partial charge in [-0.25, -0.2) is 0 Å². The van der Waals surface area contributed by atoms with Crippen LogP contribution in [0.5, 0.6) is 0 Å². The van der Waals surface area contributed by atoms with E-state index in [0.717, 1.165) is 0 Å². The summed E-state index contributed by atoms with van der Waals surface area (Å²) in [5.74, 6) is -1.15. The van der Waals surface area contributed by atoms with Gasteiger partial charge in [0.2, 0.25) is 11.8 Å². The predicted octanol–water partition coefficient (Wildman–Crippen LogP) is 3.32. The van der Waals surface area contributed by atoms with Crippen LogP contribution in [0.4, 0.5) is 5.69 Å². The third-order valence-corrected chi connectivity index (χ3v) is 4.72. The number of benzene rings is 1. The highest BCUT2D eigenvalue weighted by molar-refractivity contribution is 6.06. The number of aromatic nitrogens is 2. The minimum Gasteiger partial charge on any atom is -0.468 e. The Morgan fingerprint density at radius 2 is 2.07 bits per heavy atom. The fourth-order valence-corrected chi connectivity index (χ4v) is 3.44. The van der Waals surface area contributed by atoms with Crippen LogP contribution in [0, 0.1) is 16.0 Å². The minimum absolute atomic E-state index is 0.0712. The van der Waals surface area contributed by atoms with Crippen LogP contribution < -0.4 is 0 Å². The molecule has 1 aliphatic rings. The summed E-state index contributed by atoms with van der Waals surface area (Å²) in [6.45, 7) is 5.40. The SMILES string of the molecule is CCc1nnc(C2=C(C)N=C(C)C(C(=O)OC)C2c2cccc([N+](=O)[O-])c2)o1. The van der Waals surface area contributed by atoms with E-state index in [2.05, 4.69) is 15.2 Å². The zero-order chi connectivity index (χ0) is 20.4. The normalized spacial score (nSPS) is 19.4. The van der Waals surface area contributed by atoms with Gasteiger partial charge < -0.3 is 9.15 Å². The molecule has 0 radical (unpaired) electrons. The summed E-state index contributed by atoms with van der Waals surface area (Å²) in [6, 6.07) is 6.17. The summed E-state index contributed by atoms with van der Waals surface area (Å²) in [4.78, 5) is 27.9. The Labute approximate surface area is 161 Å². The number of allylic oxidation sites excluding steroid dienone is 2. The van der Waals surface area contributed by atoms with Crippen molar-refractivity contribution in [1.82, 2.24) is 10.2 Å². The number of nitro benzene ring substituents is 1.